The van der Waals surface area contributed by atoms with Gasteiger partial charge < -0.3 is 0 Å². The van der Waals surface area contributed by atoms with E-state index in [4.69, 9.17) is 11.6 Å². The normalized spacial score (nSPS) is 16.3. The highest BCUT2D eigenvalue weighted by Gasteiger charge is 2.28. The Hall–Kier alpha value is -0.880. The van der Waals surface area contributed by atoms with E-state index in [0.29, 0.717) is 22.3 Å². The summed E-state index contributed by atoms with van der Waals surface area (Å²) in [4.78, 5) is 0. The Labute approximate surface area is 121 Å². The smallest absolute Gasteiger partial charge is 0.206 e. The first-order valence-corrected chi connectivity index (χ1v) is 8.58. The molecule has 1 aliphatic heterocycles. The molecule has 19 heavy (non-hydrogen) atoms. The van der Waals surface area contributed by atoms with Crippen molar-refractivity contribution in [2.75, 3.05) is 6.54 Å². The number of rotatable bonds is 2. The summed E-state index contributed by atoms with van der Waals surface area (Å²) in [7, 11) is -3.37. The first-order valence-electron chi connectivity index (χ1n) is 5.88. The molecule has 0 N–H and O–H groups in total. The largest absolute Gasteiger partial charge is 0.252 e. The molecule has 0 saturated heterocycles. The van der Waals surface area contributed by atoms with Gasteiger partial charge in [-0.3, -0.25) is 0 Å². The minimum absolute atomic E-state index is 0.399. The lowest BCUT2D eigenvalue weighted by atomic mass is 10.0. The first-order chi connectivity index (χ1) is 9.07. The van der Waals surface area contributed by atoms with Gasteiger partial charge in [0.1, 0.15) is 4.21 Å². The zero-order valence-electron chi connectivity index (χ0n) is 10.0. The molecule has 0 amide bonds. The van der Waals surface area contributed by atoms with Gasteiger partial charge in [0.25, 0.3) is 10.0 Å². The van der Waals surface area contributed by atoms with Crippen molar-refractivity contribution >= 4 is 33.0 Å². The van der Waals surface area contributed by atoms with E-state index in [1.54, 1.807) is 17.5 Å². The van der Waals surface area contributed by atoms with Crippen LogP contribution >= 0.6 is 22.9 Å². The van der Waals surface area contributed by atoms with Crippen LogP contribution in [0.3, 0.4) is 0 Å². The van der Waals surface area contributed by atoms with Gasteiger partial charge in [0.2, 0.25) is 0 Å². The average molecular weight is 314 g/mol. The molecule has 2 heterocycles. The predicted octanol–water partition coefficient (Wildman–Crippen LogP) is 3.15. The number of nitrogens with zero attached hydrogens (tertiary/aromatic N) is 1. The lowest BCUT2D eigenvalue weighted by Gasteiger charge is -2.27. The molecular weight excluding hydrogens is 302 g/mol. The van der Waals surface area contributed by atoms with E-state index >= 15 is 0 Å². The van der Waals surface area contributed by atoms with Crippen molar-refractivity contribution in [1.82, 2.24) is 4.31 Å². The van der Waals surface area contributed by atoms with Crippen LogP contribution in [0.4, 0.5) is 0 Å². The average Bonchev–Trinajstić information content (AvgIpc) is 2.92. The third-order valence-corrected chi connectivity index (χ3v) is 6.69. The Morgan fingerprint density at radius 1 is 1.21 bits per heavy atom. The molecule has 3 nitrogen and oxygen atoms in total. The van der Waals surface area contributed by atoms with Crippen LogP contribution in [0.5, 0.6) is 0 Å². The maximum atomic E-state index is 12.4. The van der Waals surface area contributed by atoms with Crippen LogP contribution in [0.15, 0.2) is 39.9 Å². The lowest BCUT2D eigenvalue weighted by molar-refractivity contribution is 0.392. The Bertz CT molecular complexity index is 695. The number of fused-ring (bicyclic) bond motifs is 1. The maximum absolute atomic E-state index is 12.4. The third kappa shape index (κ3) is 2.43. The van der Waals surface area contributed by atoms with Crippen molar-refractivity contribution < 1.29 is 8.42 Å². The fourth-order valence-electron chi connectivity index (χ4n) is 2.24. The lowest BCUT2D eigenvalue weighted by Crippen LogP contribution is -2.35. The van der Waals surface area contributed by atoms with Crippen molar-refractivity contribution in [3.63, 3.8) is 0 Å². The standard InChI is InChI=1S/C13H12ClNO2S2/c14-12-4-3-10-5-6-15(9-11(10)8-12)19(16,17)13-2-1-7-18-13/h1-4,7-8H,5-6,9H2. The number of hydrogen-bond donors (Lipinski definition) is 0. The molecule has 0 fully saturated rings. The number of hydrogen-bond acceptors (Lipinski definition) is 3. The van der Waals surface area contributed by atoms with Crippen molar-refractivity contribution in [1.29, 1.82) is 0 Å². The number of halogens is 1. The van der Waals surface area contributed by atoms with Crippen LogP contribution < -0.4 is 0 Å². The molecule has 6 heteroatoms. The van der Waals surface area contributed by atoms with E-state index < -0.39 is 10.0 Å². The van der Waals surface area contributed by atoms with Gasteiger partial charge in [-0.2, -0.15) is 4.31 Å². The summed E-state index contributed by atoms with van der Waals surface area (Å²) in [5.74, 6) is 0. The molecule has 2 aromatic rings. The second-order valence-electron chi connectivity index (χ2n) is 4.43. The van der Waals surface area contributed by atoms with Crippen molar-refractivity contribution in [2.24, 2.45) is 0 Å². The molecule has 0 atom stereocenters. The Kier molecular flexibility index (Phi) is 3.39. The Morgan fingerprint density at radius 2 is 2.05 bits per heavy atom. The second kappa shape index (κ2) is 4.90. The second-order valence-corrected chi connectivity index (χ2v) is 7.98. The molecule has 0 saturated carbocycles. The van der Waals surface area contributed by atoms with Gasteiger partial charge in [-0.25, -0.2) is 8.42 Å². The van der Waals surface area contributed by atoms with E-state index in [9.17, 15) is 8.42 Å². The summed E-state index contributed by atoms with van der Waals surface area (Å²) in [5.41, 5.74) is 2.18. The van der Waals surface area contributed by atoms with Crippen LogP contribution in [-0.4, -0.2) is 19.3 Å². The van der Waals surface area contributed by atoms with Gasteiger partial charge >= 0.3 is 0 Å². The van der Waals surface area contributed by atoms with E-state index in [0.717, 1.165) is 12.0 Å². The monoisotopic (exact) mass is 313 g/mol. The van der Waals surface area contributed by atoms with Crippen LogP contribution in [0.2, 0.25) is 5.02 Å². The Morgan fingerprint density at radius 3 is 2.79 bits per heavy atom. The van der Waals surface area contributed by atoms with Crippen molar-refractivity contribution in [2.45, 2.75) is 17.2 Å². The van der Waals surface area contributed by atoms with Crippen molar-refractivity contribution in [3.8, 4) is 0 Å². The van der Waals surface area contributed by atoms with Gasteiger partial charge in [0.05, 0.1) is 0 Å². The molecule has 0 aliphatic carbocycles. The number of sulfonamides is 1. The van der Waals surface area contributed by atoms with Gasteiger partial charge in [-0.05, 0) is 41.1 Å². The molecule has 1 aliphatic rings. The summed E-state index contributed by atoms with van der Waals surface area (Å²) in [6.45, 7) is 0.922. The molecule has 1 aromatic carbocycles. The number of benzene rings is 1. The summed E-state index contributed by atoms with van der Waals surface area (Å²) in [5, 5.41) is 2.43. The molecule has 1 aromatic heterocycles. The highest BCUT2D eigenvalue weighted by Crippen LogP contribution is 2.28. The summed E-state index contributed by atoms with van der Waals surface area (Å²) in [6.07, 6.45) is 0.733. The first kappa shape index (κ1) is 13.1. The van der Waals surface area contributed by atoms with Crippen LogP contribution in [0, 0.1) is 0 Å². The molecule has 0 bridgehead atoms. The molecular formula is C13H12ClNO2S2. The fourth-order valence-corrected chi connectivity index (χ4v) is 5.00. The van der Waals surface area contributed by atoms with E-state index in [1.807, 2.05) is 18.2 Å². The Balaban J connectivity index is 1.94. The zero-order valence-corrected chi connectivity index (χ0v) is 12.4. The van der Waals surface area contributed by atoms with Crippen molar-refractivity contribution in [3.05, 3.63) is 51.9 Å². The molecule has 0 unspecified atom stereocenters. The van der Waals surface area contributed by atoms with Gasteiger partial charge in [0, 0.05) is 18.1 Å². The van der Waals surface area contributed by atoms with Crippen LogP contribution in [-0.2, 0) is 23.0 Å². The van der Waals surface area contributed by atoms with Gasteiger partial charge in [-0.1, -0.05) is 23.7 Å². The topological polar surface area (TPSA) is 37.4 Å². The van der Waals surface area contributed by atoms with Crippen LogP contribution in [0.25, 0.3) is 0 Å². The van der Waals surface area contributed by atoms with E-state index in [2.05, 4.69) is 0 Å². The zero-order chi connectivity index (χ0) is 13.5. The summed E-state index contributed by atoms with van der Waals surface area (Å²) >= 11 is 7.22. The van der Waals surface area contributed by atoms with Crippen LogP contribution in [0.1, 0.15) is 11.1 Å². The molecule has 100 valence electrons. The predicted molar refractivity (Wildman–Crippen MR) is 77.1 cm³/mol. The highest BCUT2D eigenvalue weighted by atomic mass is 35.5. The summed E-state index contributed by atoms with van der Waals surface area (Å²) < 4.78 is 26.8. The maximum Gasteiger partial charge on any atom is 0.252 e. The summed E-state index contributed by atoms with van der Waals surface area (Å²) in [6, 6.07) is 9.09. The van der Waals surface area contributed by atoms with Gasteiger partial charge in [0.15, 0.2) is 0 Å². The quantitative estimate of drug-likeness (QED) is 0.854. The third-order valence-electron chi connectivity index (χ3n) is 3.23. The SMILES string of the molecule is O=S(=O)(c1cccs1)N1CCc2ccc(Cl)cc2C1. The van der Waals surface area contributed by atoms with E-state index in [-0.39, 0.29) is 0 Å². The molecule has 0 spiro atoms. The minimum Gasteiger partial charge on any atom is -0.206 e. The number of thiophene rings is 1. The fraction of sp³-hybridized carbons (Fsp3) is 0.231. The molecule has 0 radical (unpaired) electrons. The molecule has 3 rings (SSSR count). The highest BCUT2D eigenvalue weighted by molar-refractivity contribution is 7.91. The van der Waals surface area contributed by atoms with Gasteiger partial charge in [-0.15, -0.1) is 11.3 Å². The van der Waals surface area contributed by atoms with E-state index in [1.165, 1.54) is 21.2 Å². The minimum atomic E-state index is -3.37.